The summed E-state index contributed by atoms with van der Waals surface area (Å²) >= 11 is 0. The lowest BCUT2D eigenvalue weighted by Gasteiger charge is -2.37. The second-order valence-electron chi connectivity index (χ2n) is 3.62. The van der Waals surface area contributed by atoms with Crippen LogP contribution in [0.15, 0.2) is 0 Å². The average molecular weight is 296 g/mol. The Bertz CT molecular complexity index is 252. The van der Waals surface area contributed by atoms with Crippen LogP contribution >= 0.6 is 0 Å². The smallest absolute Gasteiger partial charge is 0.373 e. The van der Waals surface area contributed by atoms with E-state index in [2.05, 4.69) is 13.3 Å². The van der Waals surface area contributed by atoms with E-state index in [9.17, 15) is 22.0 Å². The van der Waals surface area contributed by atoms with Crippen LogP contribution in [0.1, 0.15) is 19.8 Å². The Kier molecular flexibility index (Phi) is 6.18. The van der Waals surface area contributed by atoms with Crippen molar-refractivity contribution in [3.63, 3.8) is 0 Å². The summed E-state index contributed by atoms with van der Waals surface area (Å²) in [6.07, 6.45) is -3.68. The van der Waals surface area contributed by atoms with Crippen LogP contribution in [0.2, 0.25) is 0 Å². The third-order valence-electron chi connectivity index (χ3n) is 2.54. The summed E-state index contributed by atoms with van der Waals surface area (Å²) in [5.41, 5.74) is -4.85. The van der Waals surface area contributed by atoms with Crippen LogP contribution < -0.4 is 0 Å². The van der Waals surface area contributed by atoms with Crippen molar-refractivity contribution >= 4 is 8.80 Å². The van der Waals surface area contributed by atoms with Crippen molar-refractivity contribution in [3.05, 3.63) is 0 Å². The molecule has 110 valence electrons. The second kappa shape index (κ2) is 6.26. The molecule has 9 heteroatoms. The van der Waals surface area contributed by atoms with Crippen LogP contribution in [0.25, 0.3) is 0 Å². The van der Waals surface area contributed by atoms with E-state index in [0.29, 0.717) is 0 Å². The SMILES string of the molecule is CCCC(F)C(F)(F)C(F)(F)[Si](OC)(OC)OC. The van der Waals surface area contributed by atoms with Crippen molar-refractivity contribution in [1.82, 2.24) is 0 Å². The third kappa shape index (κ3) is 2.68. The van der Waals surface area contributed by atoms with Gasteiger partial charge in [0.15, 0.2) is 6.17 Å². The van der Waals surface area contributed by atoms with Crippen molar-refractivity contribution in [2.24, 2.45) is 0 Å². The van der Waals surface area contributed by atoms with E-state index >= 15 is 0 Å². The molecule has 0 amide bonds. The summed E-state index contributed by atoms with van der Waals surface area (Å²) in [6.45, 7) is 1.41. The molecule has 0 spiro atoms. The zero-order valence-corrected chi connectivity index (χ0v) is 11.6. The van der Waals surface area contributed by atoms with Gasteiger partial charge in [-0.25, -0.2) is 4.39 Å². The van der Waals surface area contributed by atoms with Gasteiger partial charge in [0.1, 0.15) is 0 Å². The Morgan fingerprint density at radius 1 is 1.00 bits per heavy atom. The van der Waals surface area contributed by atoms with E-state index in [-0.39, 0.29) is 6.42 Å². The van der Waals surface area contributed by atoms with Crippen molar-refractivity contribution in [2.75, 3.05) is 21.3 Å². The third-order valence-corrected chi connectivity index (χ3v) is 5.26. The Morgan fingerprint density at radius 2 is 1.39 bits per heavy atom. The first-order chi connectivity index (χ1) is 8.16. The van der Waals surface area contributed by atoms with Crippen molar-refractivity contribution in [2.45, 2.75) is 37.4 Å². The van der Waals surface area contributed by atoms with Crippen molar-refractivity contribution < 1.29 is 35.2 Å². The molecule has 0 saturated heterocycles. The molecule has 1 atom stereocenters. The molecular weight excluding hydrogens is 279 g/mol. The maximum Gasteiger partial charge on any atom is 0.581 e. The summed E-state index contributed by atoms with van der Waals surface area (Å²) in [5.74, 6) is -4.92. The van der Waals surface area contributed by atoms with Crippen LogP contribution in [-0.4, -0.2) is 47.8 Å². The molecule has 0 rings (SSSR count). The zero-order valence-electron chi connectivity index (χ0n) is 10.6. The van der Waals surface area contributed by atoms with E-state index < -0.39 is 32.9 Å². The highest BCUT2D eigenvalue weighted by Gasteiger charge is 2.78. The van der Waals surface area contributed by atoms with Gasteiger partial charge in [0.25, 0.3) is 0 Å². The molecule has 1 unspecified atom stereocenters. The lowest BCUT2D eigenvalue weighted by Crippen LogP contribution is -2.69. The lowest BCUT2D eigenvalue weighted by atomic mass is 10.1. The van der Waals surface area contributed by atoms with Crippen LogP contribution in [0, 0.1) is 0 Å². The number of alkyl halides is 5. The van der Waals surface area contributed by atoms with Gasteiger partial charge < -0.3 is 13.3 Å². The molecule has 0 bridgehead atoms. The predicted molar refractivity (Wildman–Crippen MR) is 56.5 cm³/mol. The highest BCUT2D eigenvalue weighted by Crippen LogP contribution is 2.46. The van der Waals surface area contributed by atoms with Gasteiger partial charge in [0, 0.05) is 21.3 Å². The Balaban J connectivity index is 5.44. The summed E-state index contributed by atoms with van der Waals surface area (Å²) in [4.78, 5) is 0. The van der Waals surface area contributed by atoms with Crippen LogP contribution in [0.4, 0.5) is 22.0 Å². The summed E-state index contributed by atoms with van der Waals surface area (Å²) in [5, 5.41) is 0. The Morgan fingerprint density at radius 3 is 1.67 bits per heavy atom. The fourth-order valence-corrected chi connectivity index (χ4v) is 3.30. The largest absolute Gasteiger partial charge is 0.581 e. The number of hydrogen-bond acceptors (Lipinski definition) is 3. The monoisotopic (exact) mass is 296 g/mol. The van der Waals surface area contributed by atoms with Gasteiger partial charge >= 0.3 is 20.3 Å². The molecular formula is C9H17F5O3Si. The predicted octanol–water partition coefficient (Wildman–Crippen LogP) is 2.81. The highest BCUT2D eigenvalue weighted by atomic mass is 28.4. The molecule has 3 nitrogen and oxygen atoms in total. The fourth-order valence-electron chi connectivity index (χ4n) is 1.47. The van der Waals surface area contributed by atoms with Gasteiger partial charge in [-0.2, -0.15) is 17.6 Å². The molecule has 0 aromatic heterocycles. The molecule has 0 fully saturated rings. The minimum absolute atomic E-state index is 0.00827. The Labute approximate surface area is 104 Å². The van der Waals surface area contributed by atoms with Gasteiger partial charge in [-0.1, -0.05) is 13.3 Å². The topological polar surface area (TPSA) is 27.7 Å². The van der Waals surface area contributed by atoms with Gasteiger partial charge in [0.2, 0.25) is 0 Å². The van der Waals surface area contributed by atoms with Crippen LogP contribution in [0.3, 0.4) is 0 Å². The molecule has 0 heterocycles. The first-order valence-corrected chi connectivity index (χ1v) is 6.94. The van der Waals surface area contributed by atoms with E-state index in [0.717, 1.165) is 21.3 Å². The van der Waals surface area contributed by atoms with Gasteiger partial charge in [-0.05, 0) is 6.42 Å². The molecule has 0 saturated carbocycles. The van der Waals surface area contributed by atoms with Crippen molar-refractivity contribution in [1.29, 1.82) is 0 Å². The molecule has 0 aliphatic carbocycles. The zero-order chi connectivity index (χ0) is 14.6. The van der Waals surface area contributed by atoms with E-state index in [1.54, 1.807) is 0 Å². The molecule has 0 aliphatic rings. The van der Waals surface area contributed by atoms with Crippen LogP contribution in [-0.2, 0) is 13.3 Å². The molecule has 0 aromatic rings. The number of hydrogen-bond donors (Lipinski definition) is 0. The molecule has 0 radical (unpaired) electrons. The highest BCUT2D eigenvalue weighted by molar-refractivity contribution is 6.63. The minimum atomic E-state index is -5.00. The molecule has 0 aliphatic heterocycles. The van der Waals surface area contributed by atoms with E-state index in [1.807, 2.05) is 0 Å². The van der Waals surface area contributed by atoms with E-state index in [1.165, 1.54) is 6.92 Å². The summed E-state index contributed by atoms with van der Waals surface area (Å²) in [6, 6.07) is 0. The quantitative estimate of drug-likeness (QED) is 0.509. The lowest BCUT2D eigenvalue weighted by molar-refractivity contribution is -0.226. The van der Waals surface area contributed by atoms with Gasteiger partial charge in [0.05, 0.1) is 0 Å². The first kappa shape index (κ1) is 17.7. The summed E-state index contributed by atoms with van der Waals surface area (Å²) < 4.78 is 80.8. The average Bonchev–Trinajstić information content (AvgIpc) is 2.31. The van der Waals surface area contributed by atoms with Gasteiger partial charge in [-0.3, -0.25) is 0 Å². The fraction of sp³-hybridized carbons (Fsp3) is 1.00. The molecule has 0 aromatic carbocycles. The molecule has 18 heavy (non-hydrogen) atoms. The first-order valence-electron chi connectivity index (χ1n) is 5.22. The number of halogens is 5. The standard InChI is InChI=1S/C9H17F5O3Si/c1-5-6-7(10)8(11,12)9(13,14)18(15-2,16-3)17-4/h7H,5-6H2,1-4H3. The van der Waals surface area contributed by atoms with E-state index in [4.69, 9.17) is 0 Å². The van der Waals surface area contributed by atoms with Crippen molar-refractivity contribution in [3.8, 4) is 0 Å². The summed E-state index contributed by atoms with van der Waals surface area (Å²) in [7, 11) is -2.72. The van der Waals surface area contributed by atoms with Gasteiger partial charge in [-0.15, -0.1) is 0 Å². The number of rotatable bonds is 8. The van der Waals surface area contributed by atoms with Crippen LogP contribution in [0.5, 0.6) is 0 Å². The Hall–Kier alpha value is -0.253. The minimum Gasteiger partial charge on any atom is -0.373 e. The maximum atomic E-state index is 13.8. The maximum absolute atomic E-state index is 13.8. The molecule has 0 N–H and O–H groups in total. The normalized spacial score (nSPS) is 15.8. The second-order valence-corrected chi connectivity index (χ2v) is 6.59.